The number of pyridine rings is 1. The van der Waals surface area contributed by atoms with Gasteiger partial charge in [0.05, 0.1) is 10.4 Å². The number of thioether (sulfide) groups is 1. The highest BCUT2D eigenvalue weighted by atomic mass is 32.2. The Morgan fingerprint density at radius 2 is 1.76 bits per heavy atom. The molecule has 1 aliphatic heterocycles. The lowest BCUT2D eigenvalue weighted by atomic mass is 10.2. The molecule has 1 N–H and O–H groups in total. The summed E-state index contributed by atoms with van der Waals surface area (Å²) in [6.45, 7) is 4.19. The van der Waals surface area contributed by atoms with Gasteiger partial charge in [0.2, 0.25) is 0 Å². The molecule has 1 amide bonds. The number of carbonyl (C=O) groups excluding carboxylic acids is 1. The van der Waals surface area contributed by atoms with Crippen molar-refractivity contribution in [3.8, 4) is 0 Å². The van der Waals surface area contributed by atoms with Gasteiger partial charge in [-0.05, 0) is 60.7 Å². The molecule has 1 saturated heterocycles. The number of anilines is 1. The minimum absolute atomic E-state index is 0.0392. The van der Waals surface area contributed by atoms with Gasteiger partial charge < -0.3 is 9.62 Å². The minimum Gasteiger partial charge on any atom is -0.337 e. The van der Waals surface area contributed by atoms with Gasteiger partial charge in [-0.15, -0.1) is 11.8 Å². The summed E-state index contributed by atoms with van der Waals surface area (Å²) in [5, 5.41) is 0.945. The van der Waals surface area contributed by atoms with Crippen molar-refractivity contribution in [1.82, 2.24) is 14.8 Å². The summed E-state index contributed by atoms with van der Waals surface area (Å²) in [6.07, 6.45) is 4.76. The van der Waals surface area contributed by atoms with Gasteiger partial charge in [0, 0.05) is 60.5 Å². The van der Waals surface area contributed by atoms with Crippen LogP contribution in [0.25, 0.3) is 10.9 Å². The van der Waals surface area contributed by atoms with E-state index in [2.05, 4.69) is 45.1 Å². The molecule has 1 atom stereocenters. The Bertz CT molecular complexity index is 1410. The molecule has 1 aliphatic rings. The highest BCUT2D eigenvalue weighted by Crippen LogP contribution is 2.23. The lowest BCUT2D eigenvalue weighted by Gasteiger charge is -2.23. The Labute approximate surface area is 224 Å². The van der Waals surface area contributed by atoms with E-state index < -0.39 is 11.0 Å². The van der Waals surface area contributed by atoms with Crippen molar-refractivity contribution in [3.05, 3.63) is 96.2 Å². The van der Waals surface area contributed by atoms with Crippen LogP contribution in [0.1, 0.15) is 22.3 Å². The topological polar surface area (TPSA) is 65.5 Å². The molecule has 1 aromatic heterocycles. The van der Waals surface area contributed by atoms with E-state index in [1.807, 2.05) is 47.4 Å². The highest BCUT2D eigenvalue weighted by Gasteiger charge is 2.21. The lowest BCUT2D eigenvalue weighted by molar-refractivity contribution is 0.0761. The predicted molar refractivity (Wildman–Crippen MR) is 152 cm³/mol. The van der Waals surface area contributed by atoms with Gasteiger partial charge in [0.25, 0.3) is 5.91 Å². The maximum Gasteiger partial charge on any atom is 0.253 e. The van der Waals surface area contributed by atoms with Crippen LogP contribution < -0.4 is 4.72 Å². The molecule has 0 spiro atoms. The first-order valence-electron chi connectivity index (χ1n) is 12.4. The maximum atomic E-state index is 13.2. The summed E-state index contributed by atoms with van der Waals surface area (Å²) < 4.78 is 16.1. The molecule has 8 heteroatoms. The second kappa shape index (κ2) is 11.9. The zero-order chi connectivity index (χ0) is 25.6. The molecule has 1 unspecified atom stereocenters. The van der Waals surface area contributed by atoms with E-state index in [4.69, 9.17) is 0 Å². The average Bonchev–Trinajstić information content (AvgIpc) is 3.18. The molecule has 0 aliphatic carbocycles. The number of carbonyl (C=O) groups is 1. The summed E-state index contributed by atoms with van der Waals surface area (Å²) in [5.74, 6) is 0.0392. The van der Waals surface area contributed by atoms with Crippen molar-refractivity contribution < 1.29 is 9.00 Å². The molecule has 4 aromatic rings. The molecule has 5 rings (SSSR count). The fourth-order valence-electron chi connectivity index (χ4n) is 4.66. The van der Waals surface area contributed by atoms with E-state index in [0.29, 0.717) is 22.7 Å². The molecule has 3 aromatic carbocycles. The van der Waals surface area contributed by atoms with E-state index in [9.17, 15) is 9.00 Å². The molecular formula is C29H30N4O2S2. The van der Waals surface area contributed by atoms with Crippen molar-refractivity contribution in [3.63, 3.8) is 0 Å². The van der Waals surface area contributed by atoms with Crippen molar-refractivity contribution in [2.24, 2.45) is 0 Å². The zero-order valence-corrected chi connectivity index (χ0v) is 22.4. The normalized spacial score (nSPS) is 15.3. The number of aromatic nitrogens is 1. The third kappa shape index (κ3) is 6.04. The van der Waals surface area contributed by atoms with Gasteiger partial charge >= 0.3 is 0 Å². The Hall–Kier alpha value is -3.20. The van der Waals surface area contributed by atoms with Crippen molar-refractivity contribution >= 4 is 45.2 Å². The molecule has 0 radical (unpaired) electrons. The predicted octanol–water partition coefficient (Wildman–Crippen LogP) is 5.44. The number of fused-ring (bicyclic) bond motifs is 1. The zero-order valence-electron chi connectivity index (χ0n) is 20.8. The van der Waals surface area contributed by atoms with Gasteiger partial charge in [-0.2, -0.15) is 0 Å². The van der Waals surface area contributed by atoms with E-state index in [1.54, 1.807) is 30.1 Å². The van der Waals surface area contributed by atoms with Crippen LogP contribution in [0.5, 0.6) is 0 Å². The smallest absolute Gasteiger partial charge is 0.253 e. The van der Waals surface area contributed by atoms with Gasteiger partial charge in [-0.1, -0.05) is 36.4 Å². The van der Waals surface area contributed by atoms with Crippen molar-refractivity contribution in [1.29, 1.82) is 0 Å². The number of benzene rings is 3. The fraction of sp³-hybridized carbons (Fsp3) is 0.241. The van der Waals surface area contributed by atoms with Crippen LogP contribution in [0.3, 0.4) is 0 Å². The minimum atomic E-state index is -1.47. The van der Waals surface area contributed by atoms with Crippen LogP contribution in [0.2, 0.25) is 0 Å². The van der Waals surface area contributed by atoms with Crippen LogP contribution in [-0.2, 0) is 17.5 Å². The monoisotopic (exact) mass is 530 g/mol. The second-order valence-electron chi connectivity index (χ2n) is 9.01. The average molecular weight is 531 g/mol. The summed E-state index contributed by atoms with van der Waals surface area (Å²) in [6, 6.07) is 25.2. The second-order valence-corrected chi connectivity index (χ2v) is 11.0. The van der Waals surface area contributed by atoms with Crippen LogP contribution in [0, 0.1) is 0 Å². The Kier molecular flexibility index (Phi) is 8.18. The summed E-state index contributed by atoms with van der Waals surface area (Å²) in [7, 11) is -1.47. The molecule has 1 fully saturated rings. The first kappa shape index (κ1) is 25.4. The van der Waals surface area contributed by atoms with Crippen molar-refractivity contribution in [2.75, 3.05) is 37.2 Å². The Balaban J connectivity index is 1.20. The molecule has 2 heterocycles. The number of para-hydroxylation sites is 1. The third-order valence-corrected chi connectivity index (χ3v) is 8.59. The van der Waals surface area contributed by atoms with E-state index >= 15 is 0 Å². The molecular weight excluding hydrogens is 500 g/mol. The quantitative estimate of drug-likeness (QED) is 0.323. The molecule has 0 saturated carbocycles. The van der Waals surface area contributed by atoms with E-state index in [1.165, 1.54) is 10.5 Å². The van der Waals surface area contributed by atoms with Crippen LogP contribution in [0.4, 0.5) is 5.69 Å². The first-order valence-corrected chi connectivity index (χ1v) is 14.8. The number of hydrogen-bond acceptors (Lipinski definition) is 5. The highest BCUT2D eigenvalue weighted by molar-refractivity contribution is 7.98. The number of rotatable bonds is 7. The van der Waals surface area contributed by atoms with Crippen LogP contribution >= 0.6 is 11.8 Å². The number of hydrogen-bond donors (Lipinski definition) is 1. The first-order chi connectivity index (χ1) is 18.1. The third-order valence-electron chi connectivity index (χ3n) is 6.60. The largest absolute Gasteiger partial charge is 0.337 e. The van der Waals surface area contributed by atoms with Gasteiger partial charge in [-0.25, -0.2) is 4.21 Å². The molecule has 6 nitrogen and oxygen atoms in total. The summed E-state index contributed by atoms with van der Waals surface area (Å²) >= 11 is 1.78. The van der Waals surface area contributed by atoms with Gasteiger partial charge in [0.15, 0.2) is 11.0 Å². The SMILES string of the molecule is CSc1ccccc1CN1CCCN(C(=O)c2ccc(NS(=O)c3cccc4cccnc34)cc2)CC1. The number of amides is 1. The van der Waals surface area contributed by atoms with Crippen LogP contribution in [0.15, 0.2) is 94.9 Å². The van der Waals surface area contributed by atoms with Gasteiger partial charge in [0.1, 0.15) is 0 Å². The maximum absolute atomic E-state index is 13.2. The summed E-state index contributed by atoms with van der Waals surface area (Å²) in [5.41, 5.74) is 3.39. The Morgan fingerprint density at radius 1 is 0.946 bits per heavy atom. The summed E-state index contributed by atoms with van der Waals surface area (Å²) in [4.78, 5) is 24.0. The molecule has 190 valence electrons. The van der Waals surface area contributed by atoms with Crippen LogP contribution in [-0.4, -0.2) is 57.3 Å². The van der Waals surface area contributed by atoms with E-state index in [-0.39, 0.29) is 5.91 Å². The number of nitrogens with one attached hydrogen (secondary N) is 1. The van der Waals surface area contributed by atoms with Crippen molar-refractivity contribution in [2.45, 2.75) is 22.8 Å². The Morgan fingerprint density at radius 3 is 2.59 bits per heavy atom. The van der Waals surface area contributed by atoms with Gasteiger partial charge in [-0.3, -0.25) is 14.7 Å². The lowest BCUT2D eigenvalue weighted by Crippen LogP contribution is -2.35. The van der Waals surface area contributed by atoms with E-state index in [0.717, 1.165) is 43.5 Å². The molecule has 0 bridgehead atoms. The molecule has 37 heavy (non-hydrogen) atoms. The standard InChI is InChI=1S/C29H30N4O2S2/c1-36-26-10-3-2-7-24(26)21-32-17-6-18-33(20-19-32)29(34)23-12-14-25(15-13-23)31-37(35)27-11-4-8-22-9-5-16-30-28(22)27/h2-5,7-16,31H,6,17-21H2,1H3. The number of nitrogens with zero attached hydrogens (tertiary/aromatic N) is 3. The fourth-order valence-corrected chi connectivity index (χ4v) is 6.28.